The molecule has 0 aliphatic rings. The Morgan fingerprint density at radius 3 is 2.41 bits per heavy atom. The van der Waals surface area contributed by atoms with Gasteiger partial charge >= 0.3 is 5.69 Å². The molecule has 10 nitrogen and oxygen atoms in total. The van der Waals surface area contributed by atoms with Crippen LogP contribution in [0, 0.1) is 22.0 Å². The largest absolute Gasteiger partial charge is 0.482 e. The molecule has 0 unspecified atom stereocenters. The lowest BCUT2D eigenvalue weighted by Gasteiger charge is -2.27. The van der Waals surface area contributed by atoms with E-state index in [9.17, 15) is 14.9 Å². The van der Waals surface area contributed by atoms with Gasteiger partial charge in [-0.3, -0.25) is 25.8 Å². The van der Waals surface area contributed by atoms with Crippen molar-refractivity contribution in [1.82, 2.24) is 15.4 Å². The number of carbonyl (C=O) groups excluding carboxylic acids is 1. The summed E-state index contributed by atoms with van der Waals surface area (Å²) in [5.74, 6) is 0.266. The second kappa shape index (κ2) is 11.7. The van der Waals surface area contributed by atoms with E-state index in [1.807, 2.05) is 32.6 Å². The van der Waals surface area contributed by atoms with E-state index < -0.39 is 10.8 Å². The van der Waals surface area contributed by atoms with E-state index in [1.54, 1.807) is 6.07 Å². The molecular formula is C20H26Cl2N6O4. The van der Waals surface area contributed by atoms with Crippen LogP contribution in [0.1, 0.15) is 27.7 Å². The van der Waals surface area contributed by atoms with Gasteiger partial charge in [-0.15, -0.1) is 0 Å². The number of carbonyl (C=O) groups is 1. The molecule has 2 rings (SSSR count). The van der Waals surface area contributed by atoms with E-state index in [1.165, 1.54) is 18.5 Å². The summed E-state index contributed by atoms with van der Waals surface area (Å²) in [5.41, 5.74) is 4.53. The highest BCUT2D eigenvalue weighted by molar-refractivity contribution is 6.35. The molecule has 0 saturated carbocycles. The maximum absolute atomic E-state index is 12.2. The van der Waals surface area contributed by atoms with Crippen molar-refractivity contribution in [1.29, 1.82) is 0 Å². The van der Waals surface area contributed by atoms with Gasteiger partial charge in [0.2, 0.25) is 11.6 Å². The van der Waals surface area contributed by atoms with Crippen LogP contribution < -0.4 is 20.5 Å². The second-order valence-electron chi connectivity index (χ2n) is 7.88. The number of nitrogens with zero attached hydrogens (tertiary/aromatic N) is 4. The summed E-state index contributed by atoms with van der Waals surface area (Å²) >= 11 is 11.8. The van der Waals surface area contributed by atoms with Crippen LogP contribution in [0.5, 0.6) is 5.75 Å². The van der Waals surface area contributed by atoms with Crippen molar-refractivity contribution in [3.63, 3.8) is 0 Å². The van der Waals surface area contributed by atoms with Crippen molar-refractivity contribution in [3.8, 4) is 5.75 Å². The number of amides is 1. The molecule has 0 aliphatic heterocycles. The van der Waals surface area contributed by atoms with Gasteiger partial charge in [-0.05, 0) is 30.0 Å². The predicted molar refractivity (Wildman–Crippen MR) is 124 cm³/mol. The standard InChI is InChI=1S/C20H26Cl2N6O4/c1-12(2)8-27(9-13(3)4)20-18(28(30)31)19(23-11-24-20)26-25-17(29)10-32-16-6-5-14(21)7-15(16)22/h5-7,11-13H,8-10H2,1-4H3,(H,25,29)(H,23,24,26). The Morgan fingerprint density at radius 1 is 1.19 bits per heavy atom. The zero-order chi connectivity index (χ0) is 23.8. The molecule has 0 saturated heterocycles. The highest BCUT2D eigenvalue weighted by atomic mass is 35.5. The maximum atomic E-state index is 12.2. The fraction of sp³-hybridized carbons (Fsp3) is 0.450. The molecule has 2 aromatic rings. The lowest BCUT2D eigenvalue weighted by Crippen LogP contribution is -2.35. The third-order valence-electron chi connectivity index (χ3n) is 4.03. The van der Waals surface area contributed by atoms with Crippen LogP contribution in [0.3, 0.4) is 0 Å². The number of rotatable bonds is 11. The summed E-state index contributed by atoms with van der Waals surface area (Å²) in [7, 11) is 0. The normalized spacial score (nSPS) is 10.9. The van der Waals surface area contributed by atoms with Gasteiger partial charge in [0.05, 0.1) is 9.95 Å². The molecule has 0 aliphatic carbocycles. The van der Waals surface area contributed by atoms with Gasteiger partial charge in [0.15, 0.2) is 6.61 Å². The summed E-state index contributed by atoms with van der Waals surface area (Å²) in [6.07, 6.45) is 1.22. The number of hydrogen-bond acceptors (Lipinski definition) is 8. The van der Waals surface area contributed by atoms with Gasteiger partial charge in [0.25, 0.3) is 5.91 Å². The van der Waals surface area contributed by atoms with Gasteiger partial charge in [0.1, 0.15) is 12.1 Å². The molecule has 32 heavy (non-hydrogen) atoms. The average molecular weight is 485 g/mol. The van der Waals surface area contributed by atoms with Gasteiger partial charge in [-0.2, -0.15) is 0 Å². The number of hydrogen-bond donors (Lipinski definition) is 2. The number of nitro groups is 1. The van der Waals surface area contributed by atoms with Crippen molar-refractivity contribution in [2.24, 2.45) is 11.8 Å². The van der Waals surface area contributed by atoms with Crippen molar-refractivity contribution < 1.29 is 14.5 Å². The minimum atomic E-state index is -0.591. The minimum absolute atomic E-state index is 0.129. The Balaban J connectivity index is 2.14. The zero-order valence-corrected chi connectivity index (χ0v) is 19.8. The van der Waals surface area contributed by atoms with Gasteiger partial charge in [-0.1, -0.05) is 50.9 Å². The van der Waals surface area contributed by atoms with Crippen LogP contribution in [0.25, 0.3) is 0 Å². The quantitative estimate of drug-likeness (QED) is 0.356. The van der Waals surface area contributed by atoms with Gasteiger partial charge < -0.3 is 9.64 Å². The first kappa shape index (κ1) is 25.4. The fourth-order valence-corrected chi connectivity index (χ4v) is 3.35. The molecular weight excluding hydrogens is 459 g/mol. The van der Waals surface area contributed by atoms with Crippen LogP contribution >= 0.6 is 23.2 Å². The topological polar surface area (TPSA) is 123 Å². The second-order valence-corrected chi connectivity index (χ2v) is 8.72. The average Bonchev–Trinajstić information content (AvgIpc) is 2.70. The molecule has 1 aromatic carbocycles. The third kappa shape index (κ3) is 7.38. The van der Waals surface area contributed by atoms with Crippen LogP contribution in [-0.4, -0.2) is 40.5 Å². The van der Waals surface area contributed by atoms with Crippen molar-refractivity contribution >= 4 is 46.4 Å². The summed E-state index contributed by atoms with van der Waals surface area (Å²) < 4.78 is 5.35. The van der Waals surface area contributed by atoms with Gasteiger partial charge in [0, 0.05) is 18.1 Å². The number of hydrazine groups is 1. The van der Waals surface area contributed by atoms with E-state index in [-0.39, 0.29) is 46.5 Å². The van der Waals surface area contributed by atoms with Crippen LogP contribution in [0.15, 0.2) is 24.5 Å². The number of anilines is 2. The third-order valence-corrected chi connectivity index (χ3v) is 4.56. The number of halogens is 2. The first-order valence-corrected chi connectivity index (χ1v) is 10.7. The predicted octanol–water partition coefficient (Wildman–Crippen LogP) is 4.33. The fourth-order valence-electron chi connectivity index (χ4n) is 2.89. The van der Waals surface area contributed by atoms with E-state index in [0.29, 0.717) is 18.1 Å². The van der Waals surface area contributed by atoms with Crippen LogP contribution in [-0.2, 0) is 4.79 Å². The molecule has 1 heterocycles. The van der Waals surface area contributed by atoms with E-state index >= 15 is 0 Å². The lowest BCUT2D eigenvalue weighted by atomic mass is 10.1. The molecule has 0 bridgehead atoms. The minimum Gasteiger partial charge on any atom is -0.482 e. The Hall–Kier alpha value is -2.85. The Bertz CT molecular complexity index is 948. The Labute approximate surface area is 196 Å². The monoisotopic (exact) mass is 484 g/mol. The highest BCUT2D eigenvalue weighted by Crippen LogP contribution is 2.32. The highest BCUT2D eigenvalue weighted by Gasteiger charge is 2.28. The number of ether oxygens (including phenoxy) is 1. The molecule has 174 valence electrons. The van der Waals surface area contributed by atoms with E-state index in [0.717, 1.165) is 0 Å². The zero-order valence-electron chi connectivity index (χ0n) is 18.3. The summed E-state index contributed by atoms with van der Waals surface area (Å²) in [5, 5.41) is 12.5. The molecule has 12 heteroatoms. The van der Waals surface area contributed by atoms with Crippen molar-refractivity contribution in [2.75, 3.05) is 30.0 Å². The number of nitrogens with one attached hydrogen (secondary N) is 2. The molecule has 1 aromatic heterocycles. The molecule has 2 N–H and O–H groups in total. The van der Waals surface area contributed by atoms with Crippen molar-refractivity contribution in [2.45, 2.75) is 27.7 Å². The molecule has 0 spiro atoms. The Morgan fingerprint density at radius 2 is 1.84 bits per heavy atom. The summed E-state index contributed by atoms with van der Waals surface area (Å²) in [6, 6.07) is 4.59. The van der Waals surface area contributed by atoms with Crippen LogP contribution in [0.2, 0.25) is 10.0 Å². The number of benzene rings is 1. The van der Waals surface area contributed by atoms with Crippen LogP contribution in [0.4, 0.5) is 17.3 Å². The van der Waals surface area contributed by atoms with Gasteiger partial charge in [-0.25, -0.2) is 9.97 Å². The Kier molecular flexibility index (Phi) is 9.27. The van der Waals surface area contributed by atoms with E-state index in [2.05, 4.69) is 20.8 Å². The number of aromatic nitrogens is 2. The first-order valence-electron chi connectivity index (χ1n) is 9.95. The summed E-state index contributed by atoms with van der Waals surface area (Å²) in [6.45, 7) is 8.86. The first-order chi connectivity index (χ1) is 15.1. The molecule has 0 fully saturated rings. The molecule has 1 amide bonds. The summed E-state index contributed by atoms with van der Waals surface area (Å²) in [4.78, 5) is 33.4. The smallest absolute Gasteiger partial charge is 0.355 e. The lowest BCUT2D eigenvalue weighted by molar-refractivity contribution is -0.383. The molecule has 0 atom stereocenters. The molecule has 0 radical (unpaired) electrons. The van der Waals surface area contributed by atoms with E-state index in [4.69, 9.17) is 27.9 Å². The SMILES string of the molecule is CC(C)CN(CC(C)C)c1ncnc(NNC(=O)COc2ccc(Cl)cc2Cl)c1[N+](=O)[O-]. The van der Waals surface area contributed by atoms with Crippen molar-refractivity contribution in [3.05, 3.63) is 44.7 Å². The maximum Gasteiger partial charge on any atom is 0.355 e.